The van der Waals surface area contributed by atoms with Crippen LogP contribution in [0.5, 0.6) is 11.5 Å². The molecular formula is C17H26BNO4. The Kier molecular flexibility index (Phi) is 5.09. The molecule has 0 amide bonds. The van der Waals surface area contributed by atoms with Gasteiger partial charge in [-0.1, -0.05) is 12.1 Å². The van der Waals surface area contributed by atoms with Gasteiger partial charge in [-0.15, -0.1) is 0 Å². The first-order chi connectivity index (χ1) is 10.7. The van der Waals surface area contributed by atoms with Crippen LogP contribution in [0, 0.1) is 0 Å². The van der Waals surface area contributed by atoms with Crippen LogP contribution in [0.1, 0.15) is 33.3 Å². The second-order valence-corrected chi connectivity index (χ2v) is 6.63. The van der Waals surface area contributed by atoms with Gasteiger partial charge in [-0.25, -0.2) is 0 Å². The molecule has 0 aliphatic carbocycles. The van der Waals surface area contributed by atoms with Crippen molar-refractivity contribution in [3.05, 3.63) is 29.2 Å². The monoisotopic (exact) mass is 319 g/mol. The first-order valence-electron chi connectivity index (χ1n) is 7.72. The lowest BCUT2D eigenvalue weighted by Gasteiger charge is -2.32. The molecule has 1 aliphatic heterocycles. The first-order valence-corrected chi connectivity index (χ1v) is 7.72. The van der Waals surface area contributed by atoms with Crippen LogP contribution in [0.3, 0.4) is 0 Å². The number of hydrogen-bond acceptors (Lipinski definition) is 5. The maximum atomic E-state index is 6.06. The highest BCUT2D eigenvalue weighted by Crippen LogP contribution is 2.39. The van der Waals surface area contributed by atoms with Gasteiger partial charge < -0.3 is 24.5 Å². The van der Waals surface area contributed by atoms with Crippen molar-refractivity contribution in [3.8, 4) is 11.5 Å². The smallest absolute Gasteiger partial charge is 0.491 e. The maximum absolute atomic E-state index is 6.06. The molecule has 6 heteroatoms. The van der Waals surface area contributed by atoms with Crippen LogP contribution in [0.15, 0.2) is 23.7 Å². The van der Waals surface area contributed by atoms with Gasteiger partial charge in [0.25, 0.3) is 0 Å². The molecule has 0 bridgehead atoms. The topological polar surface area (TPSA) is 62.9 Å². The summed E-state index contributed by atoms with van der Waals surface area (Å²) in [5.74, 6) is 1.36. The molecule has 2 rings (SSSR count). The Hall–Kier alpha value is -1.50. The van der Waals surface area contributed by atoms with Gasteiger partial charge in [0.05, 0.1) is 25.4 Å². The summed E-state index contributed by atoms with van der Waals surface area (Å²) in [6, 6.07) is 5.71. The summed E-state index contributed by atoms with van der Waals surface area (Å²) >= 11 is 0. The van der Waals surface area contributed by atoms with Crippen molar-refractivity contribution in [2.45, 2.75) is 38.9 Å². The molecule has 1 aromatic carbocycles. The molecule has 1 fully saturated rings. The molecule has 126 valence electrons. The van der Waals surface area contributed by atoms with Gasteiger partial charge in [0.15, 0.2) is 11.5 Å². The molecule has 0 saturated carbocycles. The number of hydrogen-bond donors (Lipinski definition) is 1. The molecule has 0 aromatic heterocycles. The summed E-state index contributed by atoms with van der Waals surface area (Å²) in [5, 5.41) is 0. The van der Waals surface area contributed by atoms with Crippen LogP contribution in [0.4, 0.5) is 0 Å². The molecule has 0 radical (unpaired) electrons. The lowest BCUT2D eigenvalue weighted by Crippen LogP contribution is -2.41. The summed E-state index contributed by atoms with van der Waals surface area (Å²) in [4.78, 5) is 0. The number of benzene rings is 1. The lowest BCUT2D eigenvalue weighted by atomic mass is 9.77. The summed E-state index contributed by atoms with van der Waals surface area (Å²) in [7, 11) is 2.78. The SMILES string of the molecule is COc1ccc(C=C(CN)B2OC(C)(C)C(C)(C)O2)cc1OC. The van der Waals surface area contributed by atoms with Crippen molar-refractivity contribution in [1.29, 1.82) is 0 Å². The van der Waals surface area contributed by atoms with E-state index in [1.807, 2.05) is 52.0 Å². The third-order valence-electron chi connectivity index (χ3n) is 4.55. The van der Waals surface area contributed by atoms with Gasteiger partial charge in [-0.3, -0.25) is 0 Å². The fourth-order valence-electron chi connectivity index (χ4n) is 2.37. The van der Waals surface area contributed by atoms with E-state index in [9.17, 15) is 0 Å². The largest absolute Gasteiger partial charge is 0.493 e. The minimum atomic E-state index is -0.446. The highest BCUT2D eigenvalue weighted by Gasteiger charge is 2.52. The molecule has 1 saturated heterocycles. The third-order valence-corrected chi connectivity index (χ3v) is 4.55. The number of methoxy groups -OCH3 is 2. The summed E-state index contributed by atoms with van der Waals surface area (Å²) in [6.45, 7) is 8.45. The summed E-state index contributed by atoms with van der Waals surface area (Å²) in [5.41, 5.74) is 6.99. The van der Waals surface area contributed by atoms with Crippen molar-refractivity contribution in [1.82, 2.24) is 0 Å². The van der Waals surface area contributed by atoms with Gasteiger partial charge in [0, 0.05) is 6.54 Å². The number of rotatable bonds is 5. The van der Waals surface area contributed by atoms with Crippen LogP contribution in [0.25, 0.3) is 6.08 Å². The zero-order chi connectivity index (χ0) is 17.3. The number of nitrogens with two attached hydrogens (primary N) is 1. The Morgan fingerprint density at radius 1 is 1.09 bits per heavy atom. The van der Waals surface area contributed by atoms with Crippen molar-refractivity contribution in [3.63, 3.8) is 0 Å². The average molecular weight is 319 g/mol. The zero-order valence-corrected chi connectivity index (χ0v) is 14.8. The van der Waals surface area contributed by atoms with Crippen molar-refractivity contribution < 1.29 is 18.8 Å². The van der Waals surface area contributed by atoms with Crippen LogP contribution < -0.4 is 15.2 Å². The van der Waals surface area contributed by atoms with E-state index in [1.165, 1.54) is 0 Å². The van der Waals surface area contributed by atoms with E-state index >= 15 is 0 Å². The molecule has 1 heterocycles. The van der Waals surface area contributed by atoms with Gasteiger partial charge >= 0.3 is 7.12 Å². The Morgan fingerprint density at radius 3 is 2.13 bits per heavy atom. The fraction of sp³-hybridized carbons (Fsp3) is 0.529. The second kappa shape index (κ2) is 6.55. The second-order valence-electron chi connectivity index (χ2n) is 6.63. The standard InChI is InChI=1S/C17H26BNO4/c1-16(2)17(3,4)23-18(22-16)13(11-19)9-12-7-8-14(20-5)15(10-12)21-6/h7-10H,11,19H2,1-6H3. The Bertz CT molecular complexity index is 582. The van der Waals surface area contributed by atoms with Gasteiger partial charge in [0.1, 0.15) is 0 Å². The first kappa shape index (κ1) is 17.9. The van der Waals surface area contributed by atoms with E-state index in [0.29, 0.717) is 18.0 Å². The zero-order valence-electron chi connectivity index (χ0n) is 14.8. The van der Waals surface area contributed by atoms with E-state index in [-0.39, 0.29) is 11.2 Å². The Labute approximate surface area is 138 Å². The third kappa shape index (κ3) is 3.55. The molecular weight excluding hydrogens is 293 g/mol. The normalized spacial score (nSPS) is 19.8. The molecule has 23 heavy (non-hydrogen) atoms. The van der Waals surface area contributed by atoms with Gasteiger partial charge in [-0.05, 0) is 50.9 Å². The molecule has 0 atom stereocenters. The van der Waals surface area contributed by atoms with Crippen molar-refractivity contribution in [2.24, 2.45) is 5.73 Å². The van der Waals surface area contributed by atoms with Crippen molar-refractivity contribution >= 4 is 13.2 Å². The van der Waals surface area contributed by atoms with E-state index in [0.717, 1.165) is 11.0 Å². The molecule has 1 aliphatic rings. The van der Waals surface area contributed by atoms with Crippen LogP contribution in [-0.2, 0) is 9.31 Å². The molecule has 2 N–H and O–H groups in total. The van der Waals surface area contributed by atoms with E-state index in [2.05, 4.69) is 0 Å². The van der Waals surface area contributed by atoms with Crippen molar-refractivity contribution in [2.75, 3.05) is 20.8 Å². The minimum absolute atomic E-state index is 0.352. The van der Waals surface area contributed by atoms with Gasteiger partial charge in [0.2, 0.25) is 0 Å². The molecule has 1 aromatic rings. The average Bonchev–Trinajstić information content (AvgIpc) is 2.72. The lowest BCUT2D eigenvalue weighted by molar-refractivity contribution is 0.00578. The predicted octanol–water partition coefficient (Wildman–Crippen LogP) is 2.68. The van der Waals surface area contributed by atoms with Crippen LogP contribution >= 0.6 is 0 Å². The van der Waals surface area contributed by atoms with E-state index in [4.69, 9.17) is 24.5 Å². The fourth-order valence-corrected chi connectivity index (χ4v) is 2.37. The summed E-state index contributed by atoms with van der Waals surface area (Å²) in [6.07, 6.45) is 1.98. The quantitative estimate of drug-likeness (QED) is 0.846. The molecule has 0 spiro atoms. The molecule has 0 unspecified atom stereocenters. The predicted molar refractivity (Wildman–Crippen MR) is 92.7 cm³/mol. The number of ether oxygens (including phenoxy) is 2. The van der Waals surface area contributed by atoms with Gasteiger partial charge in [-0.2, -0.15) is 0 Å². The van der Waals surface area contributed by atoms with E-state index in [1.54, 1.807) is 14.2 Å². The highest BCUT2D eigenvalue weighted by molar-refractivity contribution is 6.55. The highest BCUT2D eigenvalue weighted by atomic mass is 16.7. The minimum Gasteiger partial charge on any atom is -0.493 e. The van der Waals surface area contributed by atoms with Crippen LogP contribution in [0.2, 0.25) is 0 Å². The maximum Gasteiger partial charge on any atom is 0.491 e. The Morgan fingerprint density at radius 2 is 1.65 bits per heavy atom. The Balaban J connectivity index is 2.30. The van der Waals surface area contributed by atoms with Crippen LogP contribution in [-0.4, -0.2) is 39.1 Å². The van der Waals surface area contributed by atoms with E-state index < -0.39 is 7.12 Å². The summed E-state index contributed by atoms with van der Waals surface area (Å²) < 4.78 is 22.7. The molecule has 5 nitrogen and oxygen atoms in total.